The SMILES string of the molecule is O=C1C(N2C[C@@H]3CCC[C@@]3(C(=O)O)C2)CCCN1c1cccc(F)c1. The van der Waals surface area contributed by atoms with E-state index in [1.54, 1.807) is 17.0 Å². The Morgan fingerprint density at radius 2 is 2.12 bits per heavy atom. The Morgan fingerprint density at radius 1 is 1.28 bits per heavy atom. The third-order valence-electron chi connectivity index (χ3n) is 6.29. The van der Waals surface area contributed by atoms with Gasteiger partial charge >= 0.3 is 5.97 Å². The number of halogens is 1. The highest BCUT2D eigenvalue weighted by molar-refractivity contribution is 5.98. The van der Waals surface area contributed by atoms with Gasteiger partial charge in [-0.15, -0.1) is 0 Å². The largest absolute Gasteiger partial charge is 0.481 e. The summed E-state index contributed by atoms with van der Waals surface area (Å²) in [5.41, 5.74) is -0.0939. The number of benzene rings is 1. The van der Waals surface area contributed by atoms with Gasteiger partial charge in [-0.05, 0) is 49.8 Å². The predicted molar refractivity (Wildman–Crippen MR) is 90.8 cm³/mol. The lowest BCUT2D eigenvalue weighted by atomic mass is 9.81. The van der Waals surface area contributed by atoms with E-state index in [9.17, 15) is 19.1 Å². The van der Waals surface area contributed by atoms with E-state index in [0.29, 0.717) is 31.7 Å². The number of nitrogens with zero attached hydrogens (tertiary/aromatic N) is 2. The number of aliphatic carboxylic acids is 1. The van der Waals surface area contributed by atoms with Crippen LogP contribution >= 0.6 is 0 Å². The van der Waals surface area contributed by atoms with Crippen molar-refractivity contribution in [2.75, 3.05) is 24.5 Å². The van der Waals surface area contributed by atoms with E-state index in [1.165, 1.54) is 12.1 Å². The van der Waals surface area contributed by atoms with Gasteiger partial charge < -0.3 is 10.0 Å². The maximum absolute atomic E-state index is 13.5. The molecule has 134 valence electrons. The number of carboxylic acids is 1. The maximum Gasteiger partial charge on any atom is 0.311 e. The van der Waals surface area contributed by atoms with Crippen molar-refractivity contribution in [1.82, 2.24) is 4.90 Å². The predicted octanol–water partition coefficient (Wildman–Crippen LogP) is 2.51. The van der Waals surface area contributed by atoms with Crippen molar-refractivity contribution in [2.45, 2.75) is 38.1 Å². The molecule has 0 spiro atoms. The van der Waals surface area contributed by atoms with E-state index in [4.69, 9.17) is 0 Å². The lowest BCUT2D eigenvalue weighted by Gasteiger charge is -2.37. The van der Waals surface area contributed by atoms with Gasteiger partial charge in [-0.1, -0.05) is 12.5 Å². The van der Waals surface area contributed by atoms with Crippen molar-refractivity contribution >= 4 is 17.6 Å². The minimum atomic E-state index is -0.720. The fourth-order valence-electron chi connectivity index (χ4n) is 5.01. The number of hydrogen-bond donors (Lipinski definition) is 1. The fourth-order valence-corrected chi connectivity index (χ4v) is 5.01. The Balaban J connectivity index is 1.55. The summed E-state index contributed by atoms with van der Waals surface area (Å²) in [6, 6.07) is 5.83. The van der Waals surface area contributed by atoms with Crippen molar-refractivity contribution in [3.05, 3.63) is 30.1 Å². The van der Waals surface area contributed by atoms with Gasteiger partial charge in [-0.3, -0.25) is 14.5 Å². The first-order valence-electron chi connectivity index (χ1n) is 9.06. The number of fused-ring (bicyclic) bond motifs is 1. The molecule has 1 N–H and O–H groups in total. The van der Waals surface area contributed by atoms with Gasteiger partial charge in [0, 0.05) is 25.3 Å². The summed E-state index contributed by atoms with van der Waals surface area (Å²) < 4.78 is 13.5. The van der Waals surface area contributed by atoms with E-state index in [2.05, 4.69) is 4.90 Å². The third kappa shape index (κ3) is 2.63. The first-order valence-corrected chi connectivity index (χ1v) is 9.06. The molecule has 1 aromatic rings. The second kappa shape index (κ2) is 6.09. The molecule has 3 aliphatic rings. The topological polar surface area (TPSA) is 60.9 Å². The molecule has 2 aliphatic heterocycles. The van der Waals surface area contributed by atoms with Gasteiger partial charge in [0.05, 0.1) is 11.5 Å². The number of carbonyl (C=O) groups excluding carboxylic acids is 1. The lowest BCUT2D eigenvalue weighted by Crippen LogP contribution is -2.52. The van der Waals surface area contributed by atoms with E-state index in [0.717, 1.165) is 25.7 Å². The molecule has 4 rings (SSSR count). The van der Waals surface area contributed by atoms with Gasteiger partial charge in [0.1, 0.15) is 5.82 Å². The summed E-state index contributed by atoms with van der Waals surface area (Å²) in [6.07, 6.45) is 4.18. The van der Waals surface area contributed by atoms with E-state index >= 15 is 0 Å². The zero-order valence-electron chi connectivity index (χ0n) is 14.2. The molecule has 0 aromatic heterocycles. The zero-order valence-corrected chi connectivity index (χ0v) is 14.2. The number of amides is 1. The molecule has 1 unspecified atom stereocenters. The summed E-state index contributed by atoms with van der Waals surface area (Å²) in [7, 11) is 0. The highest BCUT2D eigenvalue weighted by atomic mass is 19.1. The minimum absolute atomic E-state index is 0.0302. The Labute approximate surface area is 146 Å². The molecular formula is C19H23FN2O3. The smallest absolute Gasteiger partial charge is 0.311 e. The summed E-state index contributed by atoms with van der Waals surface area (Å²) in [5, 5.41) is 9.75. The molecular weight excluding hydrogens is 323 g/mol. The van der Waals surface area contributed by atoms with Crippen molar-refractivity contribution in [3.8, 4) is 0 Å². The summed E-state index contributed by atoms with van der Waals surface area (Å²) in [5.74, 6) is -0.963. The summed E-state index contributed by atoms with van der Waals surface area (Å²) >= 11 is 0. The number of carboxylic acid groups (broad SMARTS) is 1. The standard InChI is InChI=1S/C19H23FN2O3/c20-14-5-1-6-15(10-14)22-9-3-7-16(17(22)23)21-11-13-4-2-8-19(13,12-21)18(24)25/h1,5-6,10,13,16H,2-4,7-9,11-12H2,(H,24,25)/t13-,16?,19+/m0/s1. The molecule has 25 heavy (non-hydrogen) atoms. The molecule has 1 aliphatic carbocycles. The number of rotatable bonds is 3. The van der Waals surface area contributed by atoms with E-state index in [1.807, 2.05) is 0 Å². The Morgan fingerprint density at radius 3 is 2.84 bits per heavy atom. The highest BCUT2D eigenvalue weighted by Crippen LogP contribution is 2.49. The van der Waals surface area contributed by atoms with Gasteiger partial charge in [0.2, 0.25) is 5.91 Å². The number of carbonyl (C=O) groups is 2. The summed E-state index contributed by atoms with van der Waals surface area (Å²) in [6.45, 7) is 1.72. The molecule has 5 nitrogen and oxygen atoms in total. The van der Waals surface area contributed by atoms with Crippen molar-refractivity contribution in [3.63, 3.8) is 0 Å². The maximum atomic E-state index is 13.5. The van der Waals surface area contributed by atoms with Gasteiger partial charge in [0.15, 0.2) is 0 Å². The van der Waals surface area contributed by atoms with E-state index in [-0.39, 0.29) is 23.7 Å². The average molecular weight is 346 g/mol. The molecule has 1 aromatic carbocycles. The quantitative estimate of drug-likeness (QED) is 0.914. The van der Waals surface area contributed by atoms with Crippen LogP contribution in [0.3, 0.4) is 0 Å². The molecule has 0 bridgehead atoms. The van der Waals surface area contributed by atoms with Gasteiger partial charge in [0.25, 0.3) is 0 Å². The number of hydrogen-bond acceptors (Lipinski definition) is 3. The number of likely N-dealkylation sites (tertiary alicyclic amines) is 1. The third-order valence-corrected chi connectivity index (χ3v) is 6.29. The minimum Gasteiger partial charge on any atom is -0.481 e. The molecule has 2 saturated heterocycles. The van der Waals surface area contributed by atoms with Crippen molar-refractivity contribution in [1.29, 1.82) is 0 Å². The lowest BCUT2D eigenvalue weighted by molar-refractivity contribution is -0.149. The Bertz CT molecular complexity index is 710. The molecule has 0 radical (unpaired) electrons. The van der Waals surface area contributed by atoms with Gasteiger partial charge in [-0.2, -0.15) is 0 Å². The van der Waals surface area contributed by atoms with E-state index < -0.39 is 11.4 Å². The molecule has 2 heterocycles. The Kier molecular flexibility index (Phi) is 4.02. The number of piperidine rings is 1. The van der Waals surface area contributed by atoms with Crippen LogP contribution in [0.2, 0.25) is 0 Å². The van der Waals surface area contributed by atoms with Crippen LogP contribution in [0.5, 0.6) is 0 Å². The first kappa shape index (κ1) is 16.5. The van der Waals surface area contributed by atoms with Crippen LogP contribution in [0, 0.1) is 17.2 Å². The van der Waals surface area contributed by atoms with Crippen LogP contribution in [0.4, 0.5) is 10.1 Å². The zero-order chi connectivity index (χ0) is 17.6. The highest BCUT2D eigenvalue weighted by Gasteiger charge is 2.56. The van der Waals surface area contributed by atoms with Crippen molar-refractivity contribution < 1.29 is 19.1 Å². The molecule has 3 fully saturated rings. The average Bonchev–Trinajstić information content (AvgIpc) is 3.13. The van der Waals surface area contributed by atoms with Crippen LogP contribution in [-0.4, -0.2) is 47.6 Å². The van der Waals surface area contributed by atoms with Crippen LogP contribution < -0.4 is 4.90 Å². The molecule has 1 amide bonds. The molecule has 6 heteroatoms. The van der Waals surface area contributed by atoms with Crippen LogP contribution in [-0.2, 0) is 9.59 Å². The van der Waals surface area contributed by atoms with Crippen LogP contribution in [0.1, 0.15) is 32.1 Å². The molecule has 1 saturated carbocycles. The first-order chi connectivity index (χ1) is 12.0. The fraction of sp³-hybridized carbons (Fsp3) is 0.579. The van der Waals surface area contributed by atoms with Gasteiger partial charge in [-0.25, -0.2) is 4.39 Å². The second-order valence-electron chi connectivity index (χ2n) is 7.61. The van der Waals surface area contributed by atoms with Crippen molar-refractivity contribution in [2.24, 2.45) is 11.3 Å². The number of anilines is 1. The Hall–Kier alpha value is -1.95. The molecule has 3 atom stereocenters. The summed E-state index contributed by atoms with van der Waals surface area (Å²) in [4.78, 5) is 28.6. The van der Waals surface area contributed by atoms with Crippen LogP contribution in [0.25, 0.3) is 0 Å². The normalized spacial score (nSPS) is 32.8. The monoisotopic (exact) mass is 346 g/mol. The van der Waals surface area contributed by atoms with Crippen LogP contribution in [0.15, 0.2) is 24.3 Å². The second-order valence-corrected chi connectivity index (χ2v) is 7.61.